The number of thiazole rings is 1. The lowest BCUT2D eigenvalue weighted by molar-refractivity contribution is -0.111. The maximum atomic E-state index is 14.7. The van der Waals surface area contributed by atoms with Crippen molar-refractivity contribution in [2.45, 2.75) is 43.4 Å². The highest BCUT2D eigenvalue weighted by atomic mass is 32.2. The van der Waals surface area contributed by atoms with E-state index in [9.17, 15) is 26.4 Å². The number of nitrogens with one attached hydrogen (secondary N) is 1. The molecule has 1 saturated carbocycles. The van der Waals surface area contributed by atoms with Gasteiger partial charge in [-0.05, 0) is 24.8 Å². The molecule has 0 bridgehead atoms. The molecule has 1 aromatic heterocycles. The summed E-state index contributed by atoms with van der Waals surface area (Å²) in [6.45, 7) is 0. The van der Waals surface area contributed by atoms with Crippen LogP contribution in [0.2, 0.25) is 0 Å². The number of amides is 1. The van der Waals surface area contributed by atoms with Crippen molar-refractivity contribution in [1.29, 1.82) is 0 Å². The van der Waals surface area contributed by atoms with Gasteiger partial charge in [-0.1, -0.05) is 31.8 Å². The minimum absolute atomic E-state index is 0.0706. The van der Waals surface area contributed by atoms with Crippen LogP contribution < -0.4 is 5.32 Å². The minimum Gasteiger partial charge on any atom is -0.298 e. The number of rotatable bonds is 5. The predicted octanol–water partition coefficient (Wildman–Crippen LogP) is 4.96. The van der Waals surface area contributed by atoms with Gasteiger partial charge in [0, 0.05) is 29.0 Å². The van der Waals surface area contributed by atoms with Gasteiger partial charge in [0.05, 0.1) is 0 Å². The second kappa shape index (κ2) is 9.30. The molecule has 0 saturated heterocycles. The summed E-state index contributed by atoms with van der Waals surface area (Å²) >= 11 is 1.14. The standard InChI is InChI=1S/C20H21F3N2O3S2/c1-30(27,28)15-11-13(16(21)18(23)17(15)22)14(10-12-6-4-2-3-5-7-12)19(26)25-20-24-8-9-29-20/h8-12H,2-7H2,1H3,(H,24,25,26)/b14-10+. The second-order valence-electron chi connectivity index (χ2n) is 7.26. The number of anilines is 1. The Labute approximate surface area is 177 Å². The molecule has 1 N–H and O–H groups in total. The van der Waals surface area contributed by atoms with Crippen LogP contribution in [-0.4, -0.2) is 25.6 Å². The number of carbonyl (C=O) groups excluding carboxylic acids is 1. The maximum absolute atomic E-state index is 14.7. The van der Waals surface area contributed by atoms with Gasteiger partial charge in [-0.15, -0.1) is 11.3 Å². The van der Waals surface area contributed by atoms with Crippen LogP contribution in [-0.2, 0) is 14.6 Å². The van der Waals surface area contributed by atoms with Crippen LogP contribution in [0.25, 0.3) is 5.57 Å². The van der Waals surface area contributed by atoms with E-state index in [2.05, 4.69) is 10.3 Å². The Kier molecular flexibility index (Phi) is 6.97. The monoisotopic (exact) mass is 458 g/mol. The van der Waals surface area contributed by atoms with Gasteiger partial charge >= 0.3 is 0 Å². The van der Waals surface area contributed by atoms with Gasteiger partial charge in [0.25, 0.3) is 5.91 Å². The zero-order chi connectivity index (χ0) is 21.9. The number of hydrogen-bond acceptors (Lipinski definition) is 5. The Morgan fingerprint density at radius 1 is 1.13 bits per heavy atom. The number of benzene rings is 1. The first-order valence-electron chi connectivity index (χ1n) is 9.49. The van der Waals surface area contributed by atoms with Crippen LogP contribution in [0.3, 0.4) is 0 Å². The van der Waals surface area contributed by atoms with Crippen molar-refractivity contribution in [3.05, 3.63) is 46.7 Å². The summed E-state index contributed by atoms with van der Waals surface area (Å²) in [6, 6.07) is 0.688. The minimum atomic E-state index is -4.19. The summed E-state index contributed by atoms with van der Waals surface area (Å²) in [6.07, 6.45) is 9.17. The molecule has 162 valence electrons. The third-order valence-electron chi connectivity index (χ3n) is 5.00. The molecule has 0 atom stereocenters. The molecule has 1 aromatic carbocycles. The van der Waals surface area contributed by atoms with Gasteiger partial charge in [0.1, 0.15) is 4.90 Å². The quantitative estimate of drug-likeness (QED) is 0.298. The number of aromatic nitrogens is 1. The van der Waals surface area contributed by atoms with Gasteiger partial charge in [-0.3, -0.25) is 10.1 Å². The van der Waals surface area contributed by atoms with E-state index in [0.717, 1.165) is 49.9 Å². The van der Waals surface area contributed by atoms with Crippen molar-refractivity contribution in [3.63, 3.8) is 0 Å². The van der Waals surface area contributed by atoms with Crippen LogP contribution in [0.4, 0.5) is 18.3 Å². The number of hydrogen-bond donors (Lipinski definition) is 1. The van der Waals surface area contributed by atoms with E-state index in [4.69, 9.17) is 0 Å². The van der Waals surface area contributed by atoms with E-state index in [1.54, 1.807) is 5.38 Å². The largest absolute Gasteiger partial charge is 0.298 e. The van der Waals surface area contributed by atoms with Gasteiger partial charge in [0.15, 0.2) is 32.4 Å². The molecule has 0 radical (unpaired) electrons. The summed E-state index contributed by atoms with van der Waals surface area (Å²) in [7, 11) is -4.19. The highest BCUT2D eigenvalue weighted by Crippen LogP contribution is 2.32. The fourth-order valence-electron chi connectivity index (χ4n) is 3.50. The van der Waals surface area contributed by atoms with Crippen LogP contribution in [0.15, 0.2) is 28.6 Å². The first-order valence-corrected chi connectivity index (χ1v) is 12.3. The zero-order valence-corrected chi connectivity index (χ0v) is 17.9. The molecule has 1 amide bonds. The van der Waals surface area contributed by atoms with Crippen LogP contribution in [0.5, 0.6) is 0 Å². The first kappa shape index (κ1) is 22.5. The van der Waals surface area contributed by atoms with Gasteiger partial charge in [-0.25, -0.2) is 26.6 Å². The van der Waals surface area contributed by atoms with E-state index in [-0.39, 0.29) is 16.6 Å². The molecule has 0 aliphatic heterocycles. The van der Waals surface area contributed by atoms with Crippen LogP contribution in [0, 0.1) is 23.4 Å². The number of allylic oxidation sites excluding steroid dienone is 1. The molecule has 1 fully saturated rings. The number of sulfone groups is 1. The van der Waals surface area contributed by atoms with E-state index in [1.165, 1.54) is 12.3 Å². The fraction of sp³-hybridized carbons (Fsp3) is 0.400. The average Bonchev–Trinajstić information content (AvgIpc) is 3.05. The van der Waals surface area contributed by atoms with E-state index < -0.39 is 43.7 Å². The smallest absolute Gasteiger partial charge is 0.257 e. The lowest BCUT2D eigenvalue weighted by Gasteiger charge is -2.15. The van der Waals surface area contributed by atoms with Crippen molar-refractivity contribution in [3.8, 4) is 0 Å². The molecule has 0 unspecified atom stereocenters. The summed E-state index contributed by atoms with van der Waals surface area (Å²) in [5.74, 6) is -6.17. The zero-order valence-electron chi connectivity index (χ0n) is 16.3. The van der Waals surface area contributed by atoms with Crippen LogP contribution >= 0.6 is 11.3 Å². The lowest BCUT2D eigenvalue weighted by atomic mass is 9.93. The number of carbonyl (C=O) groups is 1. The summed E-state index contributed by atoms with van der Waals surface area (Å²) in [5.41, 5.74) is -0.828. The summed E-state index contributed by atoms with van der Waals surface area (Å²) < 4.78 is 66.8. The third-order valence-corrected chi connectivity index (χ3v) is 6.79. The second-order valence-corrected chi connectivity index (χ2v) is 10.1. The van der Waals surface area contributed by atoms with Gasteiger partial charge in [0.2, 0.25) is 0 Å². The Morgan fingerprint density at radius 2 is 1.80 bits per heavy atom. The Bertz CT molecular complexity index is 1060. The summed E-state index contributed by atoms with van der Waals surface area (Å²) in [4.78, 5) is 15.9. The van der Waals surface area contributed by atoms with E-state index in [0.29, 0.717) is 12.3 Å². The average molecular weight is 459 g/mol. The molecule has 2 aromatic rings. The maximum Gasteiger partial charge on any atom is 0.257 e. The molecule has 0 spiro atoms. The highest BCUT2D eigenvalue weighted by molar-refractivity contribution is 7.90. The molecular formula is C20H21F3N2O3S2. The van der Waals surface area contributed by atoms with Gasteiger partial charge in [-0.2, -0.15) is 0 Å². The lowest BCUT2D eigenvalue weighted by Crippen LogP contribution is -2.17. The molecule has 10 heteroatoms. The molecule has 1 aliphatic carbocycles. The van der Waals surface area contributed by atoms with Crippen molar-refractivity contribution in [2.75, 3.05) is 11.6 Å². The Hall–Kier alpha value is -2.20. The molecule has 1 heterocycles. The Morgan fingerprint density at radius 3 is 2.37 bits per heavy atom. The van der Waals surface area contributed by atoms with Crippen molar-refractivity contribution in [1.82, 2.24) is 4.98 Å². The Balaban J connectivity index is 2.14. The third kappa shape index (κ3) is 5.10. The summed E-state index contributed by atoms with van der Waals surface area (Å²) in [5, 5.41) is 4.39. The van der Waals surface area contributed by atoms with Gasteiger partial charge < -0.3 is 0 Å². The van der Waals surface area contributed by atoms with Crippen molar-refractivity contribution < 1.29 is 26.4 Å². The molecule has 30 heavy (non-hydrogen) atoms. The molecule has 1 aliphatic rings. The van der Waals surface area contributed by atoms with Crippen molar-refractivity contribution >= 4 is 37.8 Å². The highest BCUT2D eigenvalue weighted by Gasteiger charge is 2.28. The van der Waals surface area contributed by atoms with E-state index in [1.807, 2.05) is 0 Å². The van der Waals surface area contributed by atoms with Crippen LogP contribution in [0.1, 0.15) is 44.1 Å². The predicted molar refractivity (Wildman–Crippen MR) is 109 cm³/mol. The van der Waals surface area contributed by atoms with Crippen molar-refractivity contribution in [2.24, 2.45) is 5.92 Å². The normalized spacial score (nSPS) is 16.3. The molecular weight excluding hydrogens is 437 g/mol. The first-order chi connectivity index (χ1) is 14.2. The number of halogens is 3. The topological polar surface area (TPSA) is 76.1 Å². The van der Waals surface area contributed by atoms with E-state index >= 15 is 0 Å². The number of nitrogens with zero attached hydrogens (tertiary/aromatic N) is 1. The molecule has 3 rings (SSSR count). The SMILES string of the molecule is CS(=O)(=O)c1cc(/C(=C\C2CCCCCC2)C(=O)Nc2nccs2)c(F)c(F)c1F. The fourth-order valence-corrected chi connectivity index (χ4v) is 4.77. The molecule has 5 nitrogen and oxygen atoms in total.